The minimum Gasteiger partial charge on any atom is -0.465 e. The first-order chi connectivity index (χ1) is 10.1. The molecular formula is C15H14BrN3O2. The zero-order valence-corrected chi connectivity index (χ0v) is 13.1. The summed E-state index contributed by atoms with van der Waals surface area (Å²) in [5.41, 5.74) is 4.77. The maximum Gasteiger partial charge on any atom is 0.407 e. The number of aromatic nitrogens is 2. The lowest BCUT2D eigenvalue weighted by Gasteiger charge is -2.27. The Labute approximate surface area is 130 Å². The molecule has 1 N–H and O–H groups in total. The third kappa shape index (κ3) is 2.63. The van der Waals surface area contributed by atoms with Gasteiger partial charge in [-0.05, 0) is 28.4 Å². The van der Waals surface area contributed by atoms with Crippen LogP contribution < -0.4 is 0 Å². The number of hydrogen-bond acceptors (Lipinski definition) is 3. The van der Waals surface area contributed by atoms with Gasteiger partial charge < -0.3 is 10.0 Å². The summed E-state index contributed by atoms with van der Waals surface area (Å²) in [5.74, 6) is 0. The van der Waals surface area contributed by atoms with Crippen molar-refractivity contribution in [3.63, 3.8) is 0 Å². The normalized spacial score (nSPS) is 13.9. The molecule has 0 spiro atoms. The molecule has 1 aliphatic rings. The van der Waals surface area contributed by atoms with Crippen LogP contribution in [0.1, 0.15) is 16.8 Å². The van der Waals surface area contributed by atoms with Crippen molar-refractivity contribution in [3.8, 4) is 11.3 Å². The van der Waals surface area contributed by atoms with Crippen LogP contribution in [0.25, 0.3) is 11.3 Å². The molecule has 0 fully saturated rings. The van der Waals surface area contributed by atoms with E-state index in [0.717, 1.165) is 28.1 Å². The molecule has 1 aromatic heterocycles. The standard InChI is InChI=1S/C15H14BrN3O2/c1-9-4-2-3-5-10(9)13-11-8-19(15(20)21)7-6-12(11)17-14(16)18-13/h2-5H,6-8H2,1H3,(H,20,21). The van der Waals surface area contributed by atoms with E-state index in [1.807, 2.05) is 31.2 Å². The first kappa shape index (κ1) is 14.0. The SMILES string of the molecule is Cc1ccccc1-c1nc(Br)nc2c1CN(C(=O)O)CC2. The van der Waals surface area contributed by atoms with Crippen molar-refractivity contribution >= 4 is 22.0 Å². The molecule has 2 aromatic rings. The largest absolute Gasteiger partial charge is 0.465 e. The van der Waals surface area contributed by atoms with Gasteiger partial charge in [-0.25, -0.2) is 14.8 Å². The summed E-state index contributed by atoms with van der Waals surface area (Å²) in [4.78, 5) is 21.5. The van der Waals surface area contributed by atoms with Crippen LogP contribution in [0.3, 0.4) is 0 Å². The molecule has 21 heavy (non-hydrogen) atoms. The van der Waals surface area contributed by atoms with Crippen LogP contribution in [0.15, 0.2) is 29.0 Å². The molecule has 0 atom stereocenters. The third-order valence-electron chi connectivity index (χ3n) is 3.70. The summed E-state index contributed by atoms with van der Waals surface area (Å²) < 4.78 is 0.545. The Morgan fingerprint density at radius 1 is 1.33 bits per heavy atom. The van der Waals surface area contributed by atoms with Gasteiger partial charge in [-0.1, -0.05) is 24.3 Å². The third-order valence-corrected chi connectivity index (χ3v) is 4.06. The first-order valence-corrected chi connectivity index (χ1v) is 7.44. The fourth-order valence-electron chi connectivity index (χ4n) is 2.61. The minimum absolute atomic E-state index is 0.335. The zero-order valence-electron chi connectivity index (χ0n) is 11.5. The van der Waals surface area contributed by atoms with Gasteiger partial charge in [0.2, 0.25) is 0 Å². The maximum atomic E-state index is 11.2. The number of benzene rings is 1. The topological polar surface area (TPSA) is 66.3 Å². The van der Waals surface area contributed by atoms with Gasteiger partial charge in [0.1, 0.15) is 0 Å². The summed E-state index contributed by atoms with van der Waals surface area (Å²) in [7, 11) is 0. The summed E-state index contributed by atoms with van der Waals surface area (Å²) in [5, 5.41) is 9.21. The highest BCUT2D eigenvalue weighted by atomic mass is 79.9. The van der Waals surface area contributed by atoms with Crippen LogP contribution in [0.2, 0.25) is 0 Å². The summed E-state index contributed by atoms with van der Waals surface area (Å²) >= 11 is 3.36. The van der Waals surface area contributed by atoms with E-state index in [0.29, 0.717) is 24.2 Å². The average Bonchev–Trinajstić information content (AvgIpc) is 2.46. The molecule has 0 saturated heterocycles. The van der Waals surface area contributed by atoms with Gasteiger partial charge in [0, 0.05) is 24.1 Å². The number of carbonyl (C=O) groups is 1. The molecule has 6 heteroatoms. The van der Waals surface area contributed by atoms with Crippen molar-refractivity contribution in [2.45, 2.75) is 19.9 Å². The molecule has 0 radical (unpaired) electrons. The highest BCUT2D eigenvalue weighted by molar-refractivity contribution is 9.10. The zero-order chi connectivity index (χ0) is 15.0. The Bertz CT molecular complexity index is 718. The van der Waals surface area contributed by atoms with E-state index in [-0.39, 0.29) is 0 Å². The predicted octanol–water partition coefficient (Wildman–Crippen LogP) is 3.25. The van der Waals surface area contributed by atoms with Crippen LogP contribution in [0.5, 0.6) is 0 Å². The van der Waals surface area contributed by atoms with Gasteiger partial charge >= 0.3 is 6.09 Å². The second-order valence-electron chi connectivity index (χ2n) is 5.04. The average molecular weight is 348 g/mol. The Balaban J connectivity index is 2.16. The summed E-state index contributed by atoms with van der Waals surface area (Å²) in [6.45, 7) is 2.83. The molecule has 108 valence electrons. The Hall–Kier alpha value is -1.95. The van der Waals surface area contributed by atoms with E-state index in [1.54, 1.807) is 0 Å². The van der Waals surface area contributed by atoms with Gasteiger partial charge in [-0.3, -0.25) is 0 Å². The number of aryl methyl sites for hydroxylation is 1. The van der Waals surface area contributed by atoms with Gasteiger partial charge in [-0.15, -0.1) is 0 Å². The fraction of sp³-hybridized carbons (Fsp3) is 0.267. The minimum atomic E-state index is -0.903. The smallest absolute Gasteiger partial charge is 0.407 e. The van der Waals surface area contributed by atoms with E-state index in [1.165, 1.54) is 4.90 Å². The molecular weight excluding hydrogens is 334 g/mol. The predicted molar refractivity (Wildman–Crippen MR) is 82.0 cm³/mol. The van der Waals surface area contributed by atoms with Crippen LogP contribution in [-0.2, 0) is 13.0 Å². The number of halogens is 1. The molecule has 0 bridgehead atoms. The fourth-order valence-corrected chi connectivity index (χ4v) is 3.00. The lowest BCUT2D eigenvalue weighted by Crippen LogP contribution is -2.35. The second-order valence-corrected chi connectivity index (χ2v) is 5.74. The van der Waals surface area contributed by atoms with Crippen molar-refractivity contribution in [2.75, 3.05) is 6.54 Å². The molecule has 5 nitrogen and oxygen atoms in total. The van der Waals surface area contributed by atoms with Crippen molar-refractivity contribution in [3.05, 3.63) is 45.8 Å². The van der Waals surface area contributed by atoms with Gasteiger partial charge in [0.05, 0.1) is 17.9 Å². The van der Waals surface area contributed by atoms with Gasteiger partial charge in [0.25, 0.3) is 0 Å². The number of nitrogens with zero attached hydrogens (tertiary/aromatic N) is 3. The number of fused-ring (bicyclic) bond motifs is 1. The monoisotopic (exact) mass is 347 g/mol. The van der Waals surface area contributed by atoms with Crippen molar-refractivity contribution < 1.29 is 9.90 Å². The summed E-state index contributed by atoms with van der Waals surface area (Å²) in [6, 6.07) is 7.97. The summed E-state index contributed by atoms with van der Waals surface area (Å²) in [6.07, 6.45) is -0.291. The quantitative estimate of drug-likeness (QED) is 0.804. The number of rotatable bonds is 1. The number of carboxylic acid groups (broad SMARTS) is 1. The van der Waals surface area contributed by atoms with Crippen molar-refractivity contribution in [2.24, 2.45) is 0 Å². The molecule has 0 unspecified atom stereocenters. The Morgan fingerprint density at radius 3 is 2.81 bits per heavy atom. The first-order valence-electron chi connectivity index (χ1n) is 6.65. The number of amides is 1. The molecule has 1 aromatic carbocycles. The van der Waals surface area contributed by atoms with Crippen molar-refractivity contribution in [1.29, 1.82) is 0 Å². The van der Waals surface area contributed by atoms with Gasteiger partial charge in [0.15, 0.2) is 4.73 Å². The van der Waals surface area contributed by atoms with Crippen LogP contribution in [0, 0.1) is 6.92 Å². The maximum absolute atomic E-state index is 11.2. The lowest BCUT2D eigenvalue weighted by molar-refractivity contribution is 0.139. The lowest BCUT2D eigenvalue weighted by atomic mass is 9.97. The highest BCUT2D eigenvalue weighted by Crippen LogP contribution is 2.31. The van der Waals surface area contributed by atoms with Crippen LogP contribution in [-0.4, -0.2) is 32.6 Å². The number of hydrogen-bond donors (Lipinski definition) is 1. The van der Waals surface area contributed by atoms with E-state index in [4.69, 9.17) is 0 Å². The van der Waals surface area contributed by atoms with Gasteiger partial charge in [-0.2, -0.15) is 0 Å². The van der Waals surface area contributed by atoms with Crippen LogP contribution >= 0.6 is 15.9 Å². The van der Waals surface area contributed by atoms with Crippen LogP contribution in [0.4, 0.5) is 4.79 Å². The molecule has 1 amide bonds. The Kier molecular flexibility index (Phi) is 3.63. The van der Waals surface area contributed by atoms with E-state index in [9.17, 15) is 9.90 Å². The highest BCUT2D eigenvalue weighted by Gasteiger charge is 2.25. The molecule has 1 aliphatic heterocycles. The Morgan fingerprint density at radius 2 is 2.10 bits per heavy atom. The molecule has 0 saturated carbocycles. The second kappa shape index (κ2) is 5.44. The molecule has 2 heterocycles. The van der Waals surface area contributed by atoms with E-state index >= 15 is 0 Å². The molecule has 0 aliphatic carbocycles. The van der Waals surface area contributed by atoms with E-state index in [2.05, 4.69) is 25.9 Å². The van der Waals surface area contributed by atoms with Crippen molar-refractivity contribution in [1.82, 2.24) is 14.9 Å². The molecule has 3 rings (SSSR count). The van der Waals surface area contributed by atoms with E-state index < -0.39 is 6.09 Å².